The van der Waals surface area contributed by atoms with Gasteiger partial charge in [-0.2, -0.15) is 0 Å². The van der Waals surface area contributed by atoms with Gasteiger partial charge in [-0.25, -0.2) is 4.79 Å². The maximum absolute atomic E-state index is 10.8. The Morgan fingerprint density at radius 3 is 2.42 bits per heavy atom. The molecular formula is C13H12BrNO4. The first-order valence-electron chi connectivity index (χ1n) is 5.53. The van der Waals surface area contributed by atoms with Crippen molar-refractivity contribution in [3.8, 4) is 17.0 Å². The van der Waals surface area contributed by atoms with Gasteiger partial charge in [-0.1, -0.05) is 5.16 Å². The molecule has 0 atom stereocenters. The van der Waals surface area contributed by atoms with E-state index in [4.69, 9.17) is 9.63 Å². The molecule has 5 nitrogen and oxygen atoms in total. The van der Waals surface area contributed by atoms with Crippen LogP contribution in [0.2, 0.25) is 0 Å². The summed E-state index contributed by atoms with van der Waals surface area (Å²) in [5, 5.41) is 22.6. The third-order valence-electron chi connectivity index (χ3n) is 3.18. The minimum absolute atomic E-state index is 0.181. The number of rotatable bonds is 2. The van der Waals surface area contributed by atoms with Crippen molar-refractivity contribution >= 4 is 21.9 Å². The van der Waals surface area contributed by atoms with E-state index in [-0.39, 0.29) is 11.5 Å². The summed E-state index contributed by atoms with van der Waals surface area (Å²) < 4.78 is 5.35. The number of phenolic OH excluding ortho intramolecular Hbond substituents is 1. The molecule has 0 unspecified atom stereocenters. The maximum Gasteiger partial charge on any atom is 0.374 e. The molecular weight excluding hydrogens is 314 g/mol. The zero-order valence-electron chi connectivity index (χ0n) is 10.6. The first kappa shape index (κ1) is 13.6. The van der Waals surface area contributed by atoms with E-state index in [1.807, 2.05) is 13.8 Å². The number of benzene rings is 1. The molecule has 0 fully saturated rings. The van der Waals surface area contributed by atoms with Gasteiger partial charge in [0.25, 0.3) is 0 Å². The highest BCUT2D eigenvalue weighted by Gasteiger charge is 2.20. The van der Waals surface area contributed by atoms with Crippen molar-refractivity contribution in [1.29, 1.82) is 0 Å². The second-order valence-corrected chi connectivity index (χ2v) is 5.09. The molecule has 1 heterocycles. The summed E-state index contributed by atoms with van der Waals surface area (Å²) in [6.45, 7) is 5.45. The van der Waals surface area contributed by atoms with E-state index in [0.717, 1.165) is 16.7 Å². The SMILES string of the molecule is Cc1c(C)c(-c2cc(C(=O)O)on2)c(C)c(Br)c1O. The molecule has 0 amide bonds. The number of halogens is 1. The van der Waals surface area contributed by atoms with Gasteiger partial charge in [-0.3, -0.25) is 0 Å². The Morgan fingerprint density at radius 1 is 1.26 bits per heavy atom. The Kier molecular flexibility index (Phi) is 3.36. The summed E-state index contributed by atoms with van der Waals surface area (Å²) >= 11 is 3.32. The van der Waals surface area contributed by atoms with Crippen molar-refractivity contribution in [2.45, 2.75) is 20.8 Å². The highest BCUT2D eigenvalue weighted by molar-refractivity contribution is 9.10. The molecule has 0 saturated heterocycles. The van der Waals surface area contributed by atoms with E-state index in [1.165, 1.54) is 6.07 Å². The fraction of sp³-hybridized carbons (Fsp3) is 0.231. The van der Waals surface area contributed by atoms with Gasteiger partial charge in [-0.15, -0.1) is 0 Å². The molecule has 0 radical (unpaired) electrons. The Hall–Kier alpha value is -1.82. The summed E-state index contributed by atoms with van der Waals surface area (Å²) in [4.78, 5) is 10.8. The zero-order valence-corrected chi connectivity index (χ0v) is 12.2. The lowest BCUT2D eigenvalue weighted by Crippen LogP contribution is -1.95. The lowest BCUT2D eigenvalue weighted by atomic mass is 9.95. The van der Waals surface area contributed by atoms with Crippen LogP contribution < -0.4 is 0 Å². The molecule has 2 N–H and O–H groups in total. The highest BCUT2D eigenvalue weighted by atomic mass is 79.9. The van der Waals surface area contributed by atoms with Gasteiger partial charge in [0.2, 0.25) is 5.76 Å². The fourth-order valence-electron chi connectivity index (χ4n) is 1.98. The molecule has 100 valence electrons. The Morgan fingerprint density at radius 2 is 1.89 bits per heavy atom. The van der Waals surface area contributed by atoms with Gasteiger partial charge >= 0.3 is 5.97 Å². The lowest BCUT2D eigenvalue weighted by molar-refractivity contribution is 0.0652. The lowest BCUT2D eigenvalue weighted by Gasteiger charge is -2.14. The number of carboxylic acids is 1. The molecule has 0 bridgehead atoms. The number of aromatic carboxylic acids is 1. The number of phenols is 1. The number of hydrogen-bond acceptors (Lipinski definition) is 4. The minimum Gasteiger partial charge on any atom is -0.506 e. The quantitative estimate of drug-likeness (QED) is 0.883. The van der Waals surface area contributed by atoms with E-state index < -0.39 is 5.97 Å². The van der Waals surface area contributed by atoms with Gasteiger partial charge in [0.1, 0.15) is 11.4 Å². The highest BCUT2D eigenvalue weighted by Crippen LogP contribution is 2.40. The predicted molar refractivity (Wildman–Crippen MR) is 72.5 cm³/mol. The van der Waals surface area contributed by atoms with Crippen LogP contribution in [0.4, 0.5) is 0 Å². The molecule has 2 rings (SSSR count). The molecule has 0 aliphatic rings. The fourth-order valence-corrected chi connectivity index (χ4v) is 2.47. The molecule has 2 aromatic rings. The van der Waals surface area contributed by atoms with E-state index in [9.17, 15) is 9.90 Å². The second kappa shape index (κ2) is 4.70. The van der Waals surface area contributed by atoms with E-state index in [1.54, 1.807) is 6.92 Å². The van der Waals surface area contributed by atoms with Crippen LogP contribution in [0.3, 0.4) is 0 Å². The molecule has 1 aromatic carbocycles. The van der Waals surface area contributed by atoms with Gasteiger partial charge < -0.3 is 14.7 Å². The molecule has 6 heteroatoms. The molecule has 0 spiro atoms. The van der Waals surface area contributed by atoms with Crippen LogP contribution in [-0.4, -0.2) is 21.3 Å². The molecule has 0 saturated carbocycles. The Labute approximate surface area is 118 Å². The smallest absolute Gasteiger partial charge is 0.374 e. The van der Waals surface area contributed by atoms with E-state index >= 15 is 0 Å². The molecule has 1 aromatic heterocycles. The number of carboxylic acid groups (broad SMARTS) is 1. The van der Waals surface area contributed by atoms with Crippen molar-refractivity contribution < 1.29 is 19.5 Å². The topological polar surface area (TPSA) is 83.6 Å². The van der Waals surface area contributed by atoms with Crippen LogP contribution in [0.15, 0.2) is 15.1 Å². The Balaban J connectivity index is 2.71. The van der Waals surface area contributed by atoms with E-state index in [0.29, 0.717) is 15.7 Å². The Bertz CT molecular complexity index is 647. The summed E-state index contributed by atoms with van der Waals surface area (Å²) in [6, 6.07) is 1.38. The van der Waals surface area contributed by atoms with Gasteiger partial charge in [-0.05, 0) is 53.4 Å². The van der Waals surface area contributed by atoms with Crippen molar-refractivity contribution in [2.24, 2.45) is 0 Å². The maximum atomic E-state index is 10.8. The van der Waals surface area contributed by atoms with Crippen molar-refractivity contribution in [3.63, 3.8) is 0 Å². The van der Waals surface area contributed by atoms with Crippen LogP contribution in [0, 0.1) is 20.8 Å². The summed E-state index contributed by atoms with van der Waals surface area (Å²) in [5.74, 6) is -1.19. The first-order chi connectivity index (χ1) is 8.84. The number of aromatic nitrogens is 1. The number of aromatic hydroxyl groups is 1. The van der Waals surface area contributed by atoms with Crippen molar-refractivity contribution in [2.75, 3.05) is 0 Å². The largest absolute Gasteiger partial charge is 0.506 e. The summed E-state index contributed by atoms with van der Waals surface area (Å²) in [7, 11) is 0. The minimum atomic E-state index is -1.16. The number of hydrogen-bond donors (Lipinski definition) is 2. The summed E-state index contributed by atoms with van der Waals surface area (Å²) in [5.41, 5.74) is 3.54. The van der Waals surface area contributed by atoms with E-state index in [2.05, 4.69) is 21.1 Å². The van der Waals surface area contributed by atoms with Crippen molar-refractivity contribution in [3.05, 3.63) is 33.0 Å². The average Bonchev–Trinajstić information content (AvgIpc) is 2.84. The third kappa shape index (κ3) is 2.12. The normalized spacial score (nSPS) is 10.7. The van der Waals surface area contributed by atoms with Gasteiger partial charge in [0, 0.05) is 11.6 Å². The number of carbonyl (C=O) groups is 1. The number of nitrogens with zero attached hydrogens (tertiary/aromatic N) is 1. The third-order valence-corrected chi connectivity index (χ3v) is 4.15. The van der Waals surface area contributed by atoms with Crippen molar-refractivity contribution in [1.82, 2.24) is 5.16 Å². The van der Waals surface area contributed by atoms with Crippen LogP contribution in [0.25, 0.3) is 11.3 Å². The average molecular weight is 326 g/mol. The first-order valence-corrected chi connectivity index (χ1v) is 6.32. The van der Waals surface area contributed by atoms with Gasteiger partial charge in [0.15, 0.2) is 0 Å². The van der Waals surface area contributed by atoms with Crippen LogP contribution in [0.1, 0.15) is 27.2 Å². The standard InChI is InChI=1S/C13H12BrNO4/c1-5-6(2)12(16)11(14)7(3)10(5)8-4-9(13(17)18)19-15-8/h4,16H,1-3H3,(H,17,18). The monoisotopic (exact) mass is 325 g/mol. The molecule has 0 aliphatic heterocycles. The van der Waals surface area contributed by atoms with Crippen LogP contribution in [0.5, 0.6) is 5.75 Å². The van der Waals surface area contributed by atoms with Crippen LogP contribution >= 0.6 is 15.9 Å². The zero-order chi connectivity index (χ0) is 14.3. The molecule has 0 aliphatic carbocycles. The van der Waals surface area contributed by atoms with Gasteiger partial charge in [0.05, 0.1) is 4.47 Å². The predicted octanol–water partition coefficient (Wildman–Crippen LogP) is 3.43. The molecule has 19 heavy (non-hydrogen) atoms. The summed E-state index contributed by atoms with van der Waals surface area (Å²) in [6.07, 6.45) is 0. The van der Waals surface area contributed by atoms with Crippen LogP contribution in [-0.2, 0) is 0 Å². The second-order valence-electron chi connectivity index (χ2n) is 4.29.